The van der Waals surface area contributed by atoms with Gasteiger partial charge in [-0.15, -0.1) is 0 Å². The highest BCUT2D eigenvalue weighted by molar-refractivity contribution is 5.37. The Hall–Kier alpha value is -2.01. The number of methoxy groups -OCH3 is 1. The molecule has 1 unspecified atom stereocenters. The maximum absolute atomic E-state index is 5.93. The number of nitrogens with zero attached hydrogens (tertiary/aromatic N) is 2. The summed E-state index contributed by atoms with van der Waals surface area (Å²) in [6.07, 6.45) is 6.19. The lowest BCUT2D eigenvalue weighted by molar-refractivity contribution is 0.167. The van der Waals surface area contributed by atoms with Crippen molar-refractivity contribution in [2.24, 2.45) is 0 Å². The second-order valence-electron chi connectivity index (χ2n) is 4.90. The van der Waals surface area contributed by atoms with E-state index in [1.165, 1.54) is 0 Å². The molecule has 1 aliphatic heterocycles. The molecule has 0 aliphatic carbocycles. The van der Waals surface area contributed by atoms with Crippen molar-refractivity contribution in [1.29, 1.82) is 0 Å². The Kier molecular flexibility index (Phi) is 3.87. The first-order chi connectivity index (χ1) is 9.85. The fraction of sp³-hybridized carbons (Fsp3) is 0.400. The van der Waals surface area contributed by atoms with Gasteiger partial charge in [-0.3, -0.25) is 0 Å². The summed E-state index contributed by atoms with van der Waals surface area (Å²) in [6, 6.07) is 7.78. The molecule has 1 saturated heterocycles. The van der Waals surface area contributed by atoms with Crippen molar-refractivity contribution in [2.45, 2.75) is 18.9 Å². The van der Waals surface area contributed by atoms with Crippen LogP contribution in [0.25, 0.3) is 5.69 Å². The normalized spacial score (nSPS) is 18.8. The van der Waals surface area contributed by atoms with E-state index < -0.39 is 0 Å². The molecule has 1 N–H and O–H groups in total. The van der Waals surface area contributed by atoms with Crippen LogP contribution in [0.3, 0.4) is 0 Å². The summed E-state index contributed by atoms with van der Waals surface area (Å²) in [5.74, 6) is 1.65. The molecule has 2 aromatic rings. The summed E-state index contributed by atoms with van der Waals surface area (Å²) in [6.45, 7) is 2.00. The minimum absolute atomic E-state index is 0.247. The second-order valence-corrected chi connectivity index (χ2v) is 4.90. The molecule has 1 aromatic carbocycles. The van der Waals surface area contributed by atoms with Gasteiger partial charge in [0.1, 0.15) is 11.9 Å². The van der Waals surface area contributed by atoms with Crippen molar-refractivity contribution in [3.63, 3.8) is 0 Å². The fourth-order valence-electron chi connectivity index (χ4n) is 2.36. The summed E-state index contributed by atoms with van der Waals surface area (Å²) in [5.41, 5.74) is 0.988. The molecule has 1 atom stereocenters. The molecule has 106 valence electrons. The van der Waals surface area contributed by atoms with Crippen molar-refractivity contribution in [2.75, 3.05) is 20.2 Å². The van der Waals surface area contributed by atoms with Crippen LogP contribution in [-0.2, 0) is 0 Å². The Morgan fingerprint density at radius 1 is 1.25 bits per heavy atom. The van der Waals surface area contributed by atoms with Crippen LogP contribution in [0.5, 0.6) is 11.5 Å². The topological polar surface area (TPSA) is 48.3 Å². The molecule has 1 aliphatic rings. The summed E-state index contributed by atoms with van der Waals surface area (Å²) in [5, 5.41) is 7.68. The Morgan fingerprint density at radius 3 is 2.80 bits per heavy atom. The van der Waals surface area contributed by atoms with Crippen LogP contribution in [0.2, 0.25) is 0 Å². The minimum Gasteiger partial charge on any atom is -0.497 e. The largest absolute Gasteiger partial charge is 0.497 e. The van der Waals surface area contributed by atoms with Gasteiger partial charge in [0.25, 0.3) is 0 Å². The van der Waals surface area contributed by atoms with E-state index in [9.17, 15) is 0 Å². The highest BCUT2D eigenvalue weighted by Crippen LogP contribution is 2.19. The van der Waals surface area contributed by atoms with Crippen LogP contribution < -0.4 is 14.8 Å². The quantitative estimate of drug-likeness (QED) is 0.925. The van der Waals surface area contributed by atoms with E-state index >= 15 is 0 Å². The van der Waals surface area contributed by atoms with E-state index in [0.29, 0.717) is 0 Å². The van der Waals surface area contributed by atoms with E-state index in [4.69, 9.17) is 9.47 Å². The van der Waals surface area contributed by atoms with Gasteiger partial charge in [0, 0.05) is 6.54 Å². The summed E-state index contributed by atoms with van der Waals surface area (Å²) in [7, 11) is 1.66. The maximum Gasteiger partial charge on any atom is 0.158 e. The molecule has 1 aromatic heterocycles. The molecule has 0 radical (unpaired) electrons. The number of nitrogens with one attached hydrogen (secondary N) is 1. The zero-order chi connectivity index (χ0) is 13.8. The van der Waals surface area contributed by atoms with Gasteiger partial charge in [0.15, 0.2) is 5.75 Å². The average Bonchev–Trinajstić information content (AvgIpc) is 2.97. The smallest absolute Gasteiger partial charge is 0.158 e. The van der Waals surface area contributed by atoms with Gasteiger partial charge >= 0.3 is 0 Å². The van der Waals surface area contributed by atoms with E-state index in [2.05, 4.69) is 10.4 Å². The molecule has 0 amide bonds. The summed E-state index contributed by atoms with van der Waals surface area (Å²) >= 11 is 0. The van der Waals surface area contributed by atoms with E-state index in [1.54, 1.807) is 13.3 Å². The van der Waals surface area contributed by atoms with Crippen molar-refractivity contribution in [1.82, 2.24) is 15.1 Å². The predicted octanol–water partition coefficient (Wildman–Crippen LogP) is 2.01. The van der Waals surface area contributed by atoms with Crippen molar-refractivity contribution in [3.8, 4) is 17.2 Å². The zero-order valence-corrected chi connectivity index (χ0v) is 11.6. The third-order valence-electron chi connectivity index (χ3n) is 3.45. The Labute approximate surface area is 118 Å². The van der Waals surface area contributed by atoms with Gasteiger partial charge in [-0.1, -0.05) is 0 Å². The van der Waals surface area contributed by atoms with Crippen LogP contribution in [0.4, 0.5) is 0 Å². The minimum atomic E-state index is 0.247. The van der Waals surface area contributed by atoms with E-state index in [0.717, 1.165) is 43.1 Å². The second kappa shape index (κ2) is 5.96. The van der Waals surface area contributed by atoms with Crippen LogP contribution in [0.15, 0.2) is 36.7 Å². The van der Waals surface area contributed by atoms with Gasteiger partial charge in [-0.25, -0.2) is 4.68 Å². The van der Waals surface area contributed by atoms with Crippen LogP contribution in [0.1, 0.15) is 12.8 Å². The number of aromatic nitrogens is 2. The fourth-order valence-corrected chi connectivity index (χ4v) is 2.36. The van der Waals surface area contributed by atoms with Crippen molar-refractivity contribution < 1.29 is 9.47 Å². The molecule has 0 bridgehead atoms. The molecule has 1 fully saturated rings. The number of hydrogen-bond donors (Lipinski definition) is 1. The van der Waals surface area contributed by atoms with Gasteiger partial charge in [-0.05, 0) is 43.7 Å². The monoisotopic (exact) mass is 273 g/mol. The Morgan fingerprint density at radius 2 is 2.10 bits per heavy atom. The van der Waals surface area contributed by atoms with Crippen LogP contribution in [0, 0.1) is 0 Å². The molecule has 3 rings (SSSR count). The van der Waals surface area contributed by atoms with E-state index in [-0.39, 0.29) is 6.10 Å². The number of ether oxygens (including phenoxy) is 2. The number of benzene rings is 1. The first kappa shape index (κ1) is 13.0. The lowest BCUT2D eigenvalue weighted by Crippen LogP contribution is -2.37. The maximum atomic E-state index is 5.93. The summed E-state index contributed by atoms with van der Waals surface area (Å²) in [4.78, 5) is 0. The van der Waals surface area contributed by atoms with Crippen molar-refractivity contribution >= 4 is 0 Å². The van der Waals surface area contributed by atoms with Gasteiger partial charge in [0.2, 0.25) is 0 Å². The molecule has 0 spiro atoms. The molecular weight excluding hydrogens is 254 g/mol. The molecule has 2 heterocycles. The van der Waals surface area contributed by atoms with Crippen LogP contribution >= 0.6 is 0 Å². The Balaban J connectivity index is 1.68. The summed E-state index contributed by atoms with van der Waals surface area (Å²) < 4.78 is 12.9. The molecule has 0 saturated carbocycles. The SMILES string of the molecule is COc1ccc(-n2cc(OC3CCCNC3)cn2)cc1. The van der Waals surface area contributed by atoms with Crippen molar-refractivity contribution in [3.05, 3.63) is 36.7 Å². The number of rotatable bonds is 4. The first-order valence-electron chi connectivity index (χ1n) is 6.91. The molecular formula is C15H19N3O2. The van der Waals surface area contributed by atoms with E-state index in [1.807, 2.05) is 35.1 Å². The first-order valence-corrected chi connectivity index (χ1v) is 6.91. The third kappa shape index (κ3) is 2.93. The van der Waals surface area contributed by atoms with Gasteiger partial charge in [0.05, 0.1) is 25.2 Å². The predicted molar refractivity (Wildman–Crippen MR) is 76.6 cm³/mol. The van der Waals surface area contributed by atoms with Gasteiger partial charge in [-0.2, -0.15) is 5.10 Å². The van der Waals surface area contributed by atoms with Gasteiger partial charge < -0.3 is 14.8 Å². The highest BCUT2D eigenvalue weighted by atomic mass is 16.5. The highest BCUT2D eigenvalue weighted by Gasteiger charge is 2.15. The van der Waals surface area contributed by atoms with Crippen LogP contribution in [-0.4, -0.2) is 36.1 Å². The average molecular weight is 273 g/mol. The molecule has 5 nitrogen and oxygen atoms in total. The lowest BCUT2D eigenvalue weighted by Gasteiger charge is -2.22. The lowest BCUT2D eigenvalue weighted by atomic mass is 10.1. The number of piperidine rings is 1. The third-order valence-corrected chi connectivity index (χ3v) is 3.45. The molecule has 20 heavy (non-hydrogen) atoms. The Bertz CT molecular complexity index is 545. The molecule has 5 heteroatoms. The standard InChI is InChI=1S/C15H19N3O2/c1-19-13-6-4-12(5-7-13)18-11-15(10-17-18)20-14-3-2-8-16-9-14/h4-7,10-11,14,16H,2-3,8-9H2,1H3. The zero-order valence-electron chi connectivity index (χ0n) is 11.6. The number of hydrogen-bond acceptors (Lipinski definition) is 4.